The number of ether oxygens (including phenoxy) is 4. The molecule has 0 radical (unpaired) electrons. The first-order valence-electron chi connectivity index (χ1n) is 13.0. The number of nitrogens with zero attached hydrogens (tertiary/aromatic N) is 4. The van der Waals surface area contributed by atoms with E-state index in [0.29, 0.717) is 76.4 Å². The van der Waals surface area contributed by atoms with Gasteiger partial charge in [0.1, 0.15) is 23.2 Å². The van der Waals surface area contributed by atoms with Crippen molar-refractivity contribution in [2.24, 2.45) is 0 Å². The number of hydrogen-bond acceptors (Lipinski definition) is 11. The zero-order valence-corrected chi connectivity index (χ0v) is 23.6. The summed E-state index contributed by atoms with van der Waals surface area (Å²) in [6, 6.07) is 3.40. The molecular weight excluding hydrogens is 559 g/mol. The zero-order valence-electron chi connectivity index (χ0n) is 22.1. The molecule has 5 atom stereocenters. The van der Waals surface area contributed by atoms with Gasteiger partial charge in [-0.15, -0.1) is 0 Å². The summed E-state index contributed by atoms with van der Waals surface area (Å²) in [4.78, 5) is 16.8. The lowest BCUT2D eigenvalue weighted by molar-refractivity contribution is 0.0990. The molecule has 3 aromatic rings. The number of anilines is 2. The highest BCUT2D eigenvalue weighted by molar-refractivity contribution is 6.41. The average molecular weight is 589 g/mol. The van der Waals surface area contributed by atoms with Gasteiger partial charge in [0.2, 0.25) is 5.95 Å². The number of morpholine rings is 1. The van der Waals surface area contributed by atoms with Crippen molar-refractivity contribution in [1.29, 1.82) is 0 Å². The molecule has 3 aliphatic heterocycles. The number of aromatic nitrogens is 3. The number of aliphatic hydroxyl groups excluding tert-OH is 1. The summed E-state index contributed by atoms with van der Waals surface area (Å²) < 4.78 is 22.5. The Labute approximate surface area is 241 Å². The SMILES string of the molecule is C=CC(O)N[C@H]1COC[C@H]1Nc1ncc2cc(-c3c(Cl)c(OC)cc(OC)c3Cl)nc(N3CC4CC3CO4)c2n1. The summed E-state index contributed by atoms with van der Waals surface area (Å²) in [6.45, 7) is 5.83. The van der Waals surface area contributed by atoms with Gasteiger partial charge in [-0.2, -0.15) is 0 Å². The molecule has 3 N–H and O–H groups in total. The standard InChI is InChI=1S/C27H30Cl2N6O5/c1-4-21(36)31-17-11-39-12-18(17)33-27-30-8-13-5-16(22-23(28)19(37-2)7-20(38-3)24(22)29)32-26(25(13)34-27)35-9-15-6-14(35)10-40-15/h4-5,7-8,14-15,17-18,21,31,36H,1,6,9-12H2,2-3H3,(H,30,33,34)/t14?,15?,17-,18+,21?/m0/s1. The van der Waals surface area contributed by atoms with Gasteiger partial charge in [-0.25, -0.2) is 15.0 Å². The maximum atomic E-state index is 9.98. The number of halogens is 2. The molecule has 40 heavy (non-hydrogen) atoms. The highest BCUT2D eigenvalue weighted by Crippen LogP contribution is 2.47. The fourth-order valence-electron chi connectivity index (χ4n) is 5.50. The van der Waals surface area contributed by atoms with E-state index >= 15 is 0 Å². The lowest BCUT2D eigenvalue weighted by atomic mass is 10.1. The summed E-state index contributed by atoms with van der Waals surface area (Å²) in [7, 11) is 3.07. The molecule has 3 saturated heterocycles. The molecule has 3 fully saturated rings. The van der Waals surface area contributed by atoms with Crippen LogP contribution >= 0.6 is 23.2 Å². The Balaban J connectivity index is 1.44. The van der Waals surface area contributed by atoms with E-state index in [4.69, 9.17) is 52.1 Å². The number of pyridine rings is 1. The number of fused-ring (bicyclic) bond motifs is 3. The van der Waals surface area contributed by atoms with Gasteiger partial charge < -0.3 is 34.3 Å². The first-order chi connectivity index (χ1) is 19.4. The summed E-state index contributed by atoms with van der Waals surface area (Å²) >= 11 is 13.5. The van der Waals surface area contributed by atoms with Crippen molar-refractivity contribution in [3.8, 4) is 22.8 Å². The summed E-state index contributed by atoms with van der Waals surface area (Å²) in [6.07, 6.45) is 3.41. The average Bonchev–Trinajstić information content (AvgIpc) is 3.71. The van der Waals surface area contributed by atoms with Gasteiger partial charge in [0.25, 0.3) is 0 Å². The molecule has 0 spiro atoms. The van der Waals surface area contributed by atoms with Crippen molar-refractivity contribution >= 4 is 45.9 Å². The lowest BCUT2D eigenvalue weighted by Gasteiger charge is -2.29. The van der Waals surface area contributed by atoms with Crippen LogP contribution in [0.5, 0.6) is 11.5 Å². The largest absolute Gasteiger partial charge is 0.495 e. The van der Waals surface area contributed by atoms with Crippen molar-refractivity contribution in [3.63, 3.8) is 0 Å². The third kappa shape index (κ3) is 4.91. The Kier molecular flexibility index (Phi) is 7.60. The maximum absolute atomic E-state index is 9.98. The Bertz CT molecular complexity index is 1420. The fourth-order valence-corrected chi connectivity index (χ4v) is 6.20. The molecular formula is C27H30Cl2N6O5. The van der Waals surface area contributed by atoms with Crippen molar-refractivity contribution in [2.75, 3.05) is 50.8 Å². The van der Waals surface area contributed by atoms with Crippen LogP contribution in [-0.4, -0.2) is 91.1 Å². The van der Waals surface area contributed by atoms with E-state index in [1.807, 2.05) is 6.07 Å². The molecule has 0 aliphatic carbocycles. The molecule has 6 rings (SSSR count). The zero-order chi connectivity index (χ0) is 28.0. The number of benzene rings is 1. The van der Waals surface area contributed by atoms with Gasteiger partial charge in [-0.3, -0.25) is 5.32 Å². The van der Waals surface area contributed by atoms with Crippen LogP contribution in [0.2, 0.25) is 10.0 Å². The topological polar surface area (TPSA) is 123 Å². The van der Waals surface area contributed by atoms with Crippen LogP contribution in [0, 0.1) is 0 Å². The number of nitrogens with one attached hydrogen (secondary N) is 2. The minimum atomic E-state index is -0.843. The first kappa shape index (κ1) is 27.3. The van der Waals surface area contributed by atoms with Crippen molar-refractivity contribution in [2.45, 2.75) is 36.9 Å². The molecule has 2 aromatic heterocycles. The third-order valence-electron chi connectivity index (χ3n) is 7.55. The first-order valence-corrected chi connectivity index (χ1v) is 13.7. The van der Waals surface area contributed by atoms with Crippen LogP contribution in [0.1, 0.15) is 6.42 Å². The molecule has 0 saturated carbocycles. The Morgan fingerprint density at radius 2 is 1.88 bits per heavy atom. The minimum absolute atomic E-state index is 0.146. The van der Waals surface area contributed by atoms with Crippen LogP contribution in [-0.2, 0) is 9.47 Å². The van der Waals surface area contributed by atoms with Gasteiger partial charge in [0, 0.05) is 29.8 Å². The van der Waals surface area contributed by atoms with E-state index in [1.165, 1.54) is 20.3 Å². The maximum Gasteiger partial charge on any atom is 0.223 e. The monoisotopic (exact) mass is 588 g/mol. The lowest BCUT2D eigenvalue weighted by Crippen LogP contribution is -2.47. The van der Waals surface area contributed by atoms with Gasteiger partial charge >= 0.3 is 0 Å². The molecule has 13 heteroatoms. The third-order valence-corrected chi connectivity index (χ3v) is 8.30. The van der Waals surface area contributed by atoms with E-state index in [9.17, 15) is 5.11 Å². The molecule has 3 unspecified atom stereocenters. The second-order valence-electron chi connectivity index (χ2n) is 9.99. The van der Waals surface area contributed by atoms with Crippen molar-refractivity contribution in [3.05, 3.63) is 41.0 Å². The molecule has 212 valence electrons. The number of hydrogen-bond donors (Lipinski definition) is 3. The van der Waals surface area contributed by atoms with E-state index in [-0.39, 0.29) is 24.2 Å². The molecule has 2 bridgehead atoms. The van der Waals surface area contributed by atoms with Crippen LogP contribution in [0.3, 0.4) is 0 Å². The number of methoxy groups -OCH3 is 2. The molecule has 1 aromatic carbocycles. The van der Waals surface area contributed by atoms with Gasteiger partial charge in [-0.1, -0.05) is 29.8 Å². The smallest absolute Gasteiger partial charge is 0.223 e. The quantitative estimate of drug-likeness (QED) is 0.252. The second-order valence-corrected chi connectivity index (χ2v) is 10.7. The van der Waals surface area contributed by atoms with Crippen LogP contribution < -0.4 is 25.0 Å². The predicted octanol–water partition coefficient (Wildman–Crippen LogP) is 3.27. The highest BCUT2D eigenvalue weighted by Gasteiger charge is 2.41. The van der Waals surface area contributed by atoms with Crippen LogP contribution in [0.15, 0.2) is 31.0 Å². The second kappa shape index (κ2) is 11.2. The normalized spacial score (nSPS) is 24.5. The highest BCUT2D eigenvalue weighted by atomic mass is 35.5. The number of rotatable bonds is 9. The summed E-state index contributed by atoms with van der Waals surface area (Å²) in [5.74, 6) is 1.98. The van der Waals surface area contributed by atoms with E-state index in [1.54, 1.807) is 12.3 Å². The number of aliphatic hydroxyl groups is 1. The summed E-state index contributed by atoms with van der Waals surface area (Å²) in [5, 5.41) is 17.8. The molecule has 11 nitrogen and oxygen atoms in total. The molecule has 0 amide bonds. The van der Waals surface area contributed by atoms with Crippen LogP contribution in [0.25, 0.3) is 22.2 Å². The Hall–Kier alpha value is -2.93. The molecule has 5 heterocycles. The predicted molar refractivity (Wildman–Crippen MR) is 153 cm³/mol. The molecule has 3 aliphatic rings. The minimum Gasteiger partial charge on any atom is -0.495 e. The van der Waals surface area contributed by atoms with E-state index in [2.05, 4.69) is 27.1 Å². The fraction of sp³-hybridized carbons (Fsp3) is 0.444. The van der Waals surface area contributed by atoms with Crippen molar-refractivity contribution in [1.82, 2.24) is 20.3 Å². The van der Waals surface area contributed by atoms with Crippen molar-refractivity contribution < 1.29 is 24.1 Å². The Morgan fingerprint density at radius 3 is 2.52 bits per heavy atom. The van der Waals surface area contributed by atoms with Gasteiger partial charge in [0.15, 0.2) is 5.82 Å². The van der Waals surface area contributed by atoms with E-state index < -0.39 is 6.23 Å². The van der Waals surface area contributed by atoms with Crippen LogP contribution in [0.4, 0.5) is 11.8 Å². The van der Waals surface area contributed by atoms with E-state index in [0.717, 1.165) is 11.8 Å². The summed E-state index contributed by atoms with van der Waals surface area (Å²) in [5.41, 5.74) is 1.74. The van der Waals surface area contributed by atoms with Gasteiger partial charge in [-0.05, 0) is 18.6 Å². The van der Waals surface area contributed by atoms with Gasteiger partial charge in [0.05, 0.1) is 74.0 Å². The Morgan fingerprint density at radius 1 is 1.12 bits per heavy atom.